The van der Waals surface area contributed by atoms with Crippen molar-refractivity contribution in [3.63, 3.8) is 0 Å². The molecule has 2 aromatic carbocycles. The second-order valence-corrected chi connectivity index (χ2v) is 6.17. The number of hydrogen-bond acceptors (Lipinski definition) is 5. The highest BCUT2D eigenvalue weighted by Gasteiger charge is 2.19. The first-order valence-corrected chi connectivity index (χ1v) is 8.61. The van der Waals surface area contributed by atoms with Gasteiger partial charge in [0.05, 0.1) is 20.3 Å². The molecule has 0 fully saturated rings. The summed E-state index contributed by atoms with van der Waals surface area (Å²) >= 11 is 0. The topological polar surface area (TPSA) is 60.0 Å². The van der Waals surface area contributed by atoms with Gasteiger partial charge < -0.3 is 19.5 Å². The quantitative estimate of drug-likeness (QED) is 0.702. The molecule has 152 valence electrons. The van der Waals surface area contributed by atoms with Crippen LogP contribution < -0.4 is 19.5 Å². The van der Waals surface area contributed by atoms with Crippen molar-refractivity contribution >= 4 is 11.6 Å². The van der Waals surface area contributed by atoms with Gasteiger partial charge in [-0.3, -0.25) is 9.69 Å². The number of methoxy groups -OCH3 is 2. The largest absolute Gasteiger partial charge is 0.493 e. The first kappa shape index (κ1) is 21.4. The smallest absolute Gasteiger partial charge is 0.387 e. The van der Waals surface area contributed by atoms with Crippen molar-refractivity contribution in [1.82, 2.24) is 4.90 Å². The van der Waals surface area contributed by atoms with Crippen molar-refractivity contribution in [3.8, 4) is 17.2 Å². The van der Waals surface area contributed by atoms with E-state index in [1.54, 1.807) is 44.4 Å². The molecule has 1 N–H and O–H groups in total. The molecule has 0 saturated heterocycles. The average Bonchev–Trinajstić information content (AvgIpc) is 2.68. The molecule has 0 bridgehead atoms. The van der Waals surface area contributed by atoms with Crippen LogP contribution in [0.4, 0.5) is 14.5 Å². The molecule has 0 spiro atoms. The molecule has 6 nitrogen and oxygen atoms in total. The predicted molar refractivity (Wildman–Crippen MR) is 102 cm³/mol. The van der Waals surface area contributed by atoms with Crippen LogP contribution in [0.1, 0.15) is 12.5 Å². The zero-order chi connectivity index (χ0) is 20.7. The van der Waals surface area contributed by atoms with E-state index in [4.69, 9.17) is 9.47 Å². The lowest BCUT2D eigenvalue weighted by molar-refractivity contribution is -0.120. The van der Waals surface area contributed by atoms with E-state index in [0.717, 1.165) is 5.56 Å². The maximum atomic E-state index is 12.5. The molecule has 28 heavy (non-hydrogen) atoms. The first-order chi connectivity index (χ1) is 13.3. The van der Waals surface area contributed by atoms with Gasteiger partial charge in [-0.25, -0.2) is 0 Å². The molecule has 0 aromatic heterocycles. The van der Waals surface area contributed by atoms with Gasteiger partial charge in [-0.15, -0.1) is 0 Å². The standard InChI is InChI=1S/C20H24F2N2O4/c1-13(19(25)23-15-7-10-17(26-3)18(11-15)27-4)24(2)12-14-5-8-16(9-6-14)28-20(21)22/h5-11,13,20H,12H2,1-4H3,(H,23,25)/t13-/m0/s1. The Morgan fingerprint density at radius 2 is 1.71 bits per heavy atom. The van der Waals surface area contributed by atoms with Crippen LogP contribution in [0.2, 0.25) is 0 Å². The highest BCUT2D eigenvalue weighted by atomic mass is 19.3. The van der Waals surface area contributed by atoms with E-state index < -0.39 is 12.7 Å². The van der Waals surface area contributed by atoms with Gasteiger partial charge in [-0.2, -0.15) is 8.78 Å². The summed E-state index contributed by atoms with van der Waals surface area (Å²) < 4.78 is 39.2. The molecule has 0 radical (unpaired) electrons. The molecular weight excluding hydrogens is 370 g/mol. The number of amides is 1. The summed E-state index contributed by atoms with van der Waals surface area (Å²) in [7, 11) is 4.87. The lowest BCUT2D eigenvalue weighted by Gasteiger charge is -2.24. The normalized spacial score (nSPS) is 12.0. The average molecular weight is 394 g/mol. The number of carbonyl (C=O) groups is 1. The Balaban J connectivity index is 1.96. The third kappa shape index (κ3) is 5.82. The third-order valence-electron chi connectivity index (χ3n) is 4.27. The van der Waals surface area contributed by atoms with Gasteiger partial charge >= 0.3 is 6.61 Å². The summed E-state index contributed by atoms with van der Waals surface area (Å²) in [5.74, 6) is 1.00. The number of rotatable bonds is 9. The third-order valence-corrected chi connectivity index (χ3v) is 4.27. The van der Waals surface area contributed by atoms with Crippen LogP contribution in [0.15, 0.2) is 42.5 Å². The van der Waals surface area contributed by atoms with E-state index in [1.165, 1.54) is 19.2 Å². The van der Waals surface area contributed by atoms with Crippen LogP contribution in [-0.2, 0) is 11.3 Å². The minimum atomic E-state index is -2.85. The number of nitrogens with one attached hydrogen (secondary N) is 1. The molecule has 0 aliphatic carbocycles. The number of halogens is 2. The lowest BCUT2D eigenvalue weighted by atomic mass is 10.1. The van der Waals surface area contributed by atoms with Crippen molar-refractivity contribution in [2.45, 2.75) is 26.1 Å². The molecule has 0 unspecified atom stereocenters. The summed E-state index contributed by atoms with van der Waals surface area (Å²) in [5.41, 5.74) is 1.46. The van der Waals surface area contributed by atoms with Gasteiger partial charge in [-0.1, -0.05) is 12.1 Å². The van der Waals surface area contributed by atoms with Crippen molar-refractivity contribution in [2.24, 2.45) is 0 Å². The zero-order valence-electron chi connectivity index (χ0n) is 16.2. The molecule has 2 rings (SSSR count). The number of anilines is 1. The number of carbonyl (C=O) groups excluding carboxylic acids is 1. The second kappa shape index (κ2) is 9.89. The monoisotopic (exact) mass is 394 g/mol. The van der Waals surface area contributed by atoms with E-state index >= 15 is 0 Å². The van der Waals surface area contributed by atoms with Crippen molar-refractivity contribution in [3.05, 3.63) is 48.0 Å². The van der Waals surface area contributed by atoms with Gasteiger partial charge in [-0.05, 0) is 43.8 Å². The van der Waals surface area contributed by atoms with E-state index in [1.807, 2.05) is 11.9 Å². The van der Waals surface area contributed by atoms with Gasteiger partial charge in [0.15, 0.2) is 11.5 Å². The maximum absolute atomic E-state index is 12.5. The van der Waals surface area contributed by atoms with Crippen LogP contribution in [0.3, 0.4) is 0 Å². The highest BCUT2D eigenvalue weighted by Crippen LogP contribution is 2.29. The Bertz CT molecular complexity index is 784. The number of benzene rings is 2. The van der Waals surface area contributed by atoms with Crippen LogP contribution in [0.25, 0.3) is 0 Å². The van der Waals surface area contributed by atoms with E-state index in [9.17, 15) is 13.6 Å². The van der Waals surface area contributed by atoms with Crippen molar-refractivity contribution in [1.29, 1.82) is 0 Å². The number of ether oxygens (including phenoxy) is 3. The SMILES string of the molecule is COc1ccc(NC(=O)[C@H](C)N(C)Cc2ccc(OC(F)F)cc2)cc1OC. The fourth-order valence-electron chi connectivity index (χ4n) is 2.56. The Morgan fingerprint density at radius 3 is 2.29 bits per heavy atom. The van der Waals surface area contributed by atoms with Gasteiger partial charge in [0.2, 0.25) is 5.91 Å². The number of likely N-dealkylation sites (N-methyl/N-ethyl adjacent to an activating group) is 1. The van der Waals surface area contributed by atoms with Crippen LogP contribution in [0.5, 0.6) is 17.2 Å². The molecule has 1 atom stereocenters. The van der Waals surface area contributed by atoms with Crippen molar-refractivity contribution < 1.29 is 27.8 Å². The molecule has 0 saturated carbocycles. The molecule has 0 aliphatic heterocycles. The first-order valence-electron chi connectivity index (χ1n) is 8.61. The van der Waals surface area contributed by atoms with Crippen LogP contribution >= 0.6 is 0 Å². The minimum absolute atomic E-state index is 0.0978. The van der Waals surface area contributed by atoms with Crippen LogP contribution in [0, 0.1) is 0 Å². The molecule has 8 heteroatoms. The predicted octanol–water partition coefficient (Wildman–Crippen LogP) is 3.76. The number of alkyl halides is 2. The Kier molecular flexibility index (Phi) is 7.57. The van der Waals surface area contributed by atoms with Crippen LogP contribution in [-0.4, -0.2) is 44.7 Å². The molecule has 0 heterocycles. The Hall–Kier alpha value is -2.87. The van der Waals surface area contributed by atoms with E-state index in [-0.39, 0.29) is 11.7 Å². The Morgan fingerprint density at radius 1 is 1.07 bits per heavy atom. The number of nitrogens with zero attached hydrogens (tertiary/aromatic N) is 1. The van der Waals surface area contributed by atoms with Gasteiger partial charge in [0.1, 0.15) is 5.75 Å². The maximum Gasteiger partial charge on any atom is 0.387 e. The molecule has 0 aliphatic rings. The lowest BCUT2D eigenvalue weighted by Crippen LogP contribution is -2.39. The summed E-state index contributed by atoms with van der Waals surface area (Å²) in [6.07, 6.45) is 0. The summed E-state index contributed by atoms with van der Waals surface area (Å²) in [6, 6.07) is 11.0. The fraction of sp³-hybridized carbons (Fsp3) is 0.350. The van der Waals surface area contributed by atoms with E-state index in [0.29, 0.717) is 23.7 Å². The highest BCUT2D eigenvalue weighted by molar-refractivity contribution is 5.94. The van der Waals surface area contributed by atoms with E-state index in [2.05, 4.69) is 10.1 Å². The van der Waals surface area contributed by atoms with Gasteiger partial charge in [0.25, 0.3) is 0 Å². The summed E-state index contributed by atoms with van der Waals surface area (Å²) in [6.45, 7) is -0.603. The fourth-order valence-corrected chi connectivity index (χ4v) is 2.56. The Labute approximate surface area is 163 Å². The summed E-state index contributed by atoms with van der Waals surface area (Å²) in [5, 5.41) is 2.85. The second-order valence-electron chi connectivity index (χ2n) is 6.17. The van der Waals surface area contributed by atoms with Gasteiger partial charge in [0, 0.05) is 18.3 Å². The van der Waals surface area contributed by atoms with Crippen molar-refractivity contribution in [2.75, 3.05) is 26.6 Å². The number of hydrogen-bond donors (Lipinski definition) is 1. The minimum Gasteiger partial charge on any atom is -0.493 e. The molecule has 2 aromatic rings. The summed E-state index contributed by atoms with van der Waals surface area (Å²) in [4.78, 5) is 14.4. The molecule has 1 amide bonds. The zero-order valence-corrected chi connectivity index (χ0v) is 16.2. The molecular formula is C20H24F2N2O4.